The second kappa shape index (κ2) is 5.89. The van der Waals surface area contributed by atoms with Crippen molar-refractivity contribution in [1.82, 2.24) is 0 Å². The molecule has 0 aliphatic carbocycles. The third kappa shape index (κ3) is 3.35. The molecule has 0 fully saturated rings. The summed E-state index contributed by atoms with van der Waals surface area (Å²) in [7, 11) is -3.52. The molecular formula is C15H16NO2S. The van der Waals surface area contributed by atoms with E-state index in [9.17, 15) is 8.42 Å². The molecule has 19 heavy (non-hydrogen) atoms. The van der Waals surface area contributed by atoms with Gasteiger partial charge in [0.1, 0.15) is 0 Å². The molecule has 1 radical (unpaired) electrons. The number of aryl methyl sites for hydroxylation is 1. The predicted octanol–water partition coefficient (Wildman–Crippen LogP) is 3.24. The molecular weight excluding hydrogens is 258 g/mol. The number of anilines is 1. The fourth-order valence-electron chi connectivity index (χ4n) is 1.83. The second-order valence-electron chi connectivity index (χ2n) is 4.23. The van der Waals surface area contributed by atoms with Gasteiger partial charge in [-0.25, -0.2) is 8.42 Å². The van der Waals surface area contributed by atoms with Gasteiger partial charge in [-0.3, -0.25) is 4.72 Å². The fraction of sp³-hybridized carbons (Fsp3) is 0.200. The van der Waals surface area contributed by atoms with Crippen molar-refractivity contribution in [2.75, 3.05) is 4.72 Å². The minimum atomic E-state index is -3.52. The van der Waals surface area contributed by atoms with E-state index in [0.29, 0.717) is 5.69 Å². The summed E-state index contributed by atoms with van der Waals surface area (Å²) in [6.45, 7) is 2.05. The Kier molecular flexibility index (Phi) is 4.22. The van der Waals surface area contributed by atoms with E-state index in [1.54, 1.807) is 48.5 Å². The molecule has 0 spiro atoms. The van der Waals surface area contributed by atoms with Crippen molar-refractivity contribution in [2.45, 2.75) is 24.7 Å². The number of benzene rings is 2. The highest BCUT2D eigenvalue weighted by atomic mass is 32.2. The SMILES string of the molecule is CCCc1[c]cccc1NS(=O)(=O)c1ccccc1. The smallest absolute Gasteiger partial charge is 0.261 e. The zero-order valence-electron chi connectivity index (χ0n) is 10.8. The lowest BCUT2D eigenvalue weighted by molar-refractivity contribution is 0.601. The standard InChI is InChI=1S/C15H16NO2S/c1-2-8-13-9-6-7-12-15(13)16-19(17,18)14-10-4-3-5-11-14/h3-7,10-12,16H,2,8H2,1H3. The van der Waals surface area contributed by atoms with E-state index in [-0.39, 0.29) is 4.90 Å². The number of sulfonamides is 1. The van der Waals surface area contributed by atoms with Crippen LogP contribution in [-0.4, -0.2) is 8.42 Å². The maximum atomic E-state index is 12.2. The van der Waals surface area contributed by atoms with E-state index < -0.39 is 10.0 Å². The van der Waals surface area contributed by atoms with Gasteiger partial charge in [0.05, 0.1) is 10.6 Å². The molecule has 0 aromatic heterocycles. The van der Waals surface area contributed by atoms with E-state index in [4.69, 9.17) is 0 Å². The Labute approximate surface area is 114 Å². The van der Waals surface area contributed by atoms with Gasteiger partial charge in [0.2, 0.25) is 0 Å². The van der Waals surface area contributed by atoms with Crippen LogP contribution in [-0.2, 0) is 16.4 Å². The summed E-state index contributed by atoms with van der Waals surface area (Å²) in [5.41, 5.74) is 1.50. The van der Waals surface area contributed by atoms with E-state index in [2.05, 4.69) is 17.7 Å². The van der Waals surface area contributed by atoms with Crippen LogP contribution in [0.5, 0.6) is 0 Å². The molecule has 0 unspecified atom stereocenters. The lowest BCUT2D eigenvalue weighted by atomic mass is 10.1. The first-order valence-electron chi connectivity index (χ1n) is 6.21. The van der Waals surface area contributed by atoms with Gasteiger partial charge in [-0.1, -0.05) is 43.7 Å². The molecule has 4 heteroatoms. The molecule has 0 aliphatic rings. The Hall–Kier alpha value is -1.81. The van der Waals surface area contributed by atoms with Gasteiger partial charge < -0.3 is 0 Å². The van der Waals surface area contributed by atoms with Crippen LogP contribution < -0.4 is 4.72 Å². The van der Waals surface area contributed by atoms with Gasteiger partial charge in [-0.2, -0.15) is 0 Å². The number of hydrogen-bond donors (Lipinski definition) is 1. The highest BCUT2D eigenvalue weighted by Gasteiger charge is 2.14. The molecule has 3 nitrogen and oxygen atoms in total. The highest BCUT2D eigenvalue weighted by molar-refractivity contribution is 7.92. The topological polar surface area (TPSA) is 46.2 Å². The lowest BCUT2D eigenvalue weighted by Crippen LogP contribution is -2.14. The fourth-order valence-corrected chi connectivity index (χ4v) is 2.94. The van der Waals surface area contributed by atoms with Gasteiger partial charge in [0.25, 0.3) is 10.0 Å². The van der Waals surface area contributed by atoms with Crippen molar-refractivity contribution in [3.63, 3.8) is 0 Å². The van der Waals surface area contributed by atoms with Gasteiger partial charge in [0.15, 0.2) is 0 Å². The molecule has 0 saturated carbocycles. The second-order valence-corrected chi connectivity index (χ2v) is 5.91. The maximum absolute atomic E-state index is 12.2. The molecule has 0 heterocycles. The van der Waals surface area contributed by atoms with Crippen LogP contribution in [0.25, 0.3) is 0 Å². The Morgan fingerprint density at radius 1 is 1.11 bits per heavy atom. The molecule has 0 aliphatic heterocycles. The molecule has 0 bridgehead atoms. The lowest BCUT2D eigenvalue weighted by Gasteiger charge is -2.11. The normalized spacial score (nSPS) is 11.2. The quantitative estimate of drug-likeness (QED) is 0.909. The van der Waals surface area contributed by atoms with Gasteiger partial charge in [-0.05, 0) is 36.2 Å². The van der Waals surface area contributed by atoms with E-state index in [1.165, 1.54) is 0 Å². The summed E-state index contributed by atoms with van der Waals surface area (Å²) in [5, 5.41) is 0. The zero-order chi connectivity index (χ0) is 13.7. The van der Waals surface area contributed by atoms with Crippen LogP contribution in [0.2, 0.25) is 0 Å². The highest BCUT2D eigenvalue weighted by Crippen LogP contribution is 2.20. The van der Waals surface area contributed by atoms with Crippen LogP contribution in [0.1, 0.15) is 18.9 Å². The Morgan fingerprint density at radius 2 is 1.84 bits per heavy atom. The molecule has 2 aromatic rings. The van der Waals surface area contributed by atoms with E-state index in [1.807, 2.05) is 0 Å². The average molecular weight is 274 g/mol. The molecule has 2 rings (SSSR count). The van der Waals surface area contributed by atoms with Crippen molar-refractivity contribution in [3.05, 3.63) is 60.2 Å². The van der Waals surface area contributed by atoms with Crippen LogP contribution in [0, 0.1) is 6.07 Å². The van der Waals surface area contributed by atoms with Gasteiger partial charge in [-0.15, -0.1) is 0 Å². The Bertz CT molecular complexity index is 636. The van der Waals surface area contributed by atoms with Crippen molar-refractivity contribution >= 4 is 15.7 Å². The predicted molar refractivity (Wildman–Crippen MR) is 76.5 cm³/mol. The zero-order valence-corrected chi connectivity index (χ0v) is 11.6. The van der Waals surface area contributed by atoms with Crippen molar-refractivity contribution in [3.8, 4) is 0 Å². The summed E-state index contributed by atoms with van der Waals surface area (Å²) >= 11 is 0. The third-order valence-corrected chi connectivity index (χ3v) is 4.12. The summed E-state index contributed by atoms with van der Waals surface area (Å²) in [4.78, 5) is 0.265. The molecule has 99 valence electrons. The molecule has 1 N–H and O–H groups in total. The van der Waals surface area contributed by atoms with Crippen LogP contribution in [0.15, 0.2) is 53.4 Å². The average Bonchev–Trinajstić information content (AvgIpc) is 2.42. The van der Waals surface area contributed by atoms with Crippen molar-refractivity contribution in [2.24, 2.45) is 0 Å². The summed E-state index contributed by atoms with van der Waals surface area (Å²) in [6, 6.07) is 16.8. The van der Waals surface area contributed by atoms with E-state index in [0.717, 1.165) is 18.4 Å². The number of rotatable bonds is 5. The summed E-state index contributed by atoms with van der Waals surface area (Å²) < 4.78 is 27.1. The van der Waals surface area contributed by atoms with Crippen LogP contribution in [0.4, 0.5) is 5.69 Å². The Balaban J connectivity index is 2.31. The van der Waals surface area contributed by atoms with Gasteiger partial charge in [0, 0.05) is 0 Å². The van der Waals surface area contributed by atoms with Crippen LogP contribution in [0.3, 0.4) is 0 Å². The summed E-state index contributed by atoms with van der Waals surface area (Å²) in [5.74, 6) is 0. The monoisotopic (exact) mass is 274 g/mol. The first kappa shape index (κ1) is 13.6. The molecule has 2 aromatic carbocycles. The number of nitrogens with one attached hydrogen (secondary N) is 1. The number of hydrogen-bond acceptors (Lipinski definition) is 2. The molecule has 0 amide bonds. The van der Waals surface area contributed by atoms with Crippen LogP contribution >= 0.6 is 0 Å². The first-order chi connectivity index (χ1) is 9.13. The van der Waals surface area contributed by atoms with Gasteiger partial charge >= 0.3 is 0 Å². The first-order valence-corrected chi connectivity index (χ1v) is 7.69. The minimum absolute atomic E-state index is 0.265. The summed E-state index contributed by atoms with van der Waals surface area (Å²) in [6.07, 6.45) is 1.74. The Morgan fingerprint density at radius 3 is 2.53 bits per heavy atom. The minimum Gasteiger partial charge on any atom is -0.279 e. The maximum Gasteiger partial charge on any atom is 0.261 e. The van der Waals surface area contributed by atoms with Crippen molar-refractivity contribution in [1.29, 1.82) is 0 Å². The van der Waals surface area contributed by atoms with E-state index >= 15 is 0 Å². The largest absolute Gasteiger partial charge is 0.279 e. The molecule has 0 saturated heterocycles. The molecule has 0 atom stereocenters. The third-order valence-electron chi connectivity index (χ3n) is 2.74. The van der Waals surface area contributed by atoms with Crippen molar-refractivity contribution < 1.29 is 8.42 Å².